The molecule has 2 fully saturated rings. The minimum absolute atomic E-state index is 0.0734. The van der Waals surface area contributed by atoms with Crippen LogP contribution in [0.2, 0.25) is 0 Å². The van der Waals surface area contributed by atoms with Gasteiger partial charge in [-0.15, -0.1) is 0 Å². The molecule has 4 rings (SSSR count). The molecular formula is C26H30O3. The molecule has 0 amide bonds. The lowest BCUT2D eigenvalue weighted by Crippen LogP contribution is -2.27. The van der Waals surface area contributed by atoms with Crippen molar-refractivity contribution in [2.75, 3.05) is 0 Å². The quantitative estimate of drug-likeness (QED) is 0.406. The van der Waals surface area contributed by atoms with Gasteiger partial charge in [-0.2, -0.15) is 0 Å². The van der Waals surface area contributed by atoms with Crippen LogP contribution in [-0.4, -0.2) is 17.7 Å². The van der Waals surface area contributed by atoms with Gasteiger partial charge in [-0.05, 0) is 75.0 Å². The monoisotopic (exact) mass is 390 g/mol. The van der Waals surface area contributed by atoms with Crippen LogP contribution in [0.3, 0.4) is 0 Å². The van der Waals surface area contributed by atoms with Crippen LogP contribution in [0.4, 0.5) is 0 Å². The first kappa shape index (κ1) is 19.9. The summed E-state index contributed by atoms with van der Waals surface area (Å²) in [7, 11) is 0. The second kappa shape index (κ2) is 8.94. The van der Waals surface area contributed by atoms with Gasteiger partial charge in [0.15, 0.2) is 5.78 Å². The predicted octanol–water partition coefficient (Wildman–Crippen LogP) is 5.73. The molecule has 3 heteroatoms. The van der Waals surface area contributed by atoms with E-state index in [0.717, 1.165) is 42.6 Å². The summed E-state index contributed by atoms with van der Waals surface area (Å²) >= 11 is 0. The van der Waals surface area contributed by atoms with E-state index in [2.05, 4.69) is 0 Å². The van der Waals surface area contributed by atoms with Crippen molar-refractivity contribution in [3.05, 3.63) is 65.2 Å². The van der Waals surface area contributed by atoms with Crippen LogP contribution in [0.25, 0.3) is 0 Å². The fourth-order valence-corrected chi connectivity index (χ4v) is 4.22. The van der Waals surface area contributed by atoms with Gasteiger partial charge in [-0.25, -0.2) is 0 Å². The lowest BCUT2D eigenvalue weighted by atomic mass is 9.85. The highest BCUT2D eigenvalue weighted by molar-refractivity contribution is 6.11. The van der Waals surface area contributed by atoms with E-state index in [-0.39, 0.29) is 17.7 Å². The van der Waals surface area contributed by atoms with Gasteiger partial charge in [-0.1, -0.05) is 42.5 Å². The van der Waals surface area contributed by atoms with Crippen molar-refractivity contribution in [2.24, 2.45) is 11.8 Å². The van der Waals surface area contributed by atoms with Crippen LogP contribution in [0.1, 0.15) is 66.4 Å². The standard InChI is InChI=1S/C26H30O3/c1-18-11-14-21(17-25(18)29-22-9-5-6-10-22)26(28)23(24(27)16-20-12-13-20)15-19-7-3-2-4-8-19/h2-4,7-8,11,14,17,20,22-23H,5-6,9-10,12-13,15-16H2,1H3. The topological polar surface area (TPSA) is 43.4 Å². The van der Waals surface area contributed by atoms with Crippen LogP contribution < -0.4 is 4.74 Å². The zero-order valence-electron chi connectivity index (χ0n) is 17.2. The Balaban J connectivity index is 1.56. The van der Waals surface area contributed by atoms with Crippen molar-refractivity contribution in [3.8, 4) is 5.75 Å². The molecule has 0 N–H and O–H groups in total. The van der Waals surface area contributed by atoms with Crippen molar-refractivity contribution >= 4 is 11.6 Å². The Hall–Kier alpha value is -2.42. The zero-order valence-corrected chi connectivity index (χ0v) is 17.2. The van der Waals surface area contributed by atoms with Crippen molar-refractivity contribution in [1.82, 2.24) is 0 Å². The van der Waals surface area contributed by atoms with E-state index in [4.69, 9.17) is 4.74 Å². The molecular weight excluding hydrogens is 360 g/mol. The lowest BCUT2D eigenvalue weighted by Gasteiger charge is -2.18. The SMILES string of the molecule is Cc1ccc(C(=O)C(Cc2ccccc2)C(=O)CC2CC2)cc1OC1CCCC1. The number of hydrogen-bond acceptors (Lipinski definition) is 3. The molecule has 2 aromatic carbocycles. The average molecular weight is 391 g/mol. The lowest BCUT2D eigenvalue weighted by molar-refractivity contribution is -0.121. The molecule has 0 spiro atoms. The summed E-state index contributed by atoms with van der Waals surface area (Å²) < 4.78 is 6.19. The molecule has 0 aromatic heterocycles. The summed E-state index contributed by atoms with van der Waals surface area (Å²) in [6.07, 6.45) is 8.04. The fraction of sp³-hybridized carbons (Fsp3) is 0.462. The van der Waals surface area contributed by atoms with Gasteiger partial charge in [0.1, 0.15) is 11.5 Å². The molecule has 0 aliphatic heterocycles. The van der Waals surface area contributed by atoms with Crippen molar-refractivity contribution in [1.29, 1.82) is 0 Å². The number of carbonyl (C=O) groups excluding carboxylic acids is 2. The number of hydrogen-bond donors (Lipinski definition) is 0. The molecule has 0 bridgehead atoms. The highest BCUT2D eigenvalue weighted by atomic mass is 16.5. The van der Waals surface area contributed by atoms with Gasteiger partial charge < -0.3 is 4.74 Å². The summed E-state index contributed by atoms with van der Waals surface area (Å²) in [6, 6.07) is 15.5. The Morgan fingerprint density at radius 3 is 2.41 bits per heavy atom. The molecule has 2 aliphatic rings. The molecule has 3 nitrogen and oxygen atoms in total. The number of aryl methyl sites for hydroxylation is 1. The van der Waals surface area contributed by atoms with Crippen LogP contribution in [-0.2, 0) is 11.2 Å². The first-order valence-corrected chi connectivity index (χ1v) is 11.0. The number of rotatable bonds is 9. The van der Waals surface area contributed by atoms with Crippen LogP contribution in [0.5, 0.6) is 5.75 Å². The highest BCUT2D eigenvalue weighted by Crippen LogP contribution is 2.35. The summed E-state index contributed by atoms with van der Waals surface area (Å²) in [5.74, 6) is 0.666. The number of Topliss-reactive ketones (excluding diaryl/α,β-unsaturated/α-hetero) is 2. The number of benzene rings is 2. The first-order chi connectivity index (χ1) is 14.1. The molecule has 0 radical (unpaired) electrons. The van der Waals surface area contributed by atoms with Crippen LogP contribution in [0, 0.1) is 18.8 Å². The third-order valence-electron chi connectivity index (χ3n) is 6.24. The van der Waals surface area contributed by atoms with Gasteiger partial charge in [0.2, 0.25) is 0 Å². The maximum atomic E-state index is 13.4. The fourth-order valence-electron chi connectivity index (χ4n) is 4.22. The van der Waals surface area contributed by atoms with Crippen LogP contribution in [0.15, 0.2) is 48.5 Å². The zero-order chi connectivity index (χ0) is 20.2. The molecule has 0 saturated heterocycles. The summed E-state index contributed by atoms with van der Waals surface area (Å²) in [5, 5.41) is 0. The van der Waals surface area contributed by atoms with E-state index in [1.807, 2.05) is 55.5 Å². The van der Waals surface area contributed by atoms with Gasteiger partial charge in [-0.3, -0.25) is 9.59 Å². The predicted molar refractivity (Wildman–Crippen MR) is 114 cm³/mol. The van der Waals surface area contributed by atoms with Crippen molar-refractivity contribution < 1.29 is 14.3 Å². The van der Waals surface area contributed by atoms with Gasteiger partial charge in [0.05, 0.1) is 12.0 Å². The summed E-state index contributed by atoms with van der Waals surface area (Å²) in [6.45, 7) is 2.01. The van der Waals surface area contributed by atoms with E-state index >= 15 is 0 Å². The number of ketones is 2. The second-order valence-corrected chi connectivity index (χ2v) is 8.72. The molecule has 1 unspecified atom stereocenters. The minimum Gasteiger partial charge on any atom is -0.490 e. The summed E-state index contributed by atoms with van der Waals surface area (Å²) in [5.41, 5.74) is 2.66. The molecule has 2 aromatic rings. The molecule has 1 atom stereocenters. The Labute approximate surface area is 173 Å². The largest absolute Gasteiger partial charge is 0.490 e. The summed E-state index contributed by atoms with van der Waals surface area (Å²) in [4.78, 5) is 26.4. The molecule has 0 heterocycles. The molecule has 29 heavy (non-hydrogen) atoms. The first-order valence-electron chi connectivity index (χ1n) is 11.0. The van der Waals surface area contributed by atoms with E-state index in [0.29, 0.717) is 24.3 Å². The van der Waals surface area contributed by atoms with Crippen molar-refractivity contribution in [2.45, 2.75) is 64.4 Å². The van der Waals surface area contributed by atoms with Gasteiger partial charge in [0.25, 0.3) is 0 Å². The molecule has 152 valence electrons. The maximum Gasteiger partial charge on any atom is 0.173 e. The average Bonchev–Trinajstić information content (AvgIpc) is 3.39. The highest BCUT2D eigenvalue weighted by Gasteiger charge is 2.33. The third kappa shape index (κ3) is 5.14. The Morgan fingerprint density at radius 1 is 1.00 bits per heavy atom. The second-order valence-electron chi connectivity index (χ2n) is 8.72. The van der Waals surface area contributed by atoms with Gasteiger partial charge >= 0.3 is 0 Å². The van der Waals surface area contributed by atoms with E-state index < -0.39 is 5.92 Å². The Morgan fingerprint density at radius 2 is 1.72 bits per heavy atom. The van der Waals surface area contributed by atoms with E-state index in [9.17, 15) is 9.59 Å². The van der Waals surface area contributed by atoms with Crippen molar-refractivity contribution in [3.63, 3.8) is 0 Å². The van der Waals surface area contributed by atoms with Crippen LogP contribution >= 0.6 is 0 Å². The Bertz CT molecular complexity index is 861. The molecule has 2 saturated carbocycles. The van der Waals surface area contributed by atoms with E-state index in [1.54, 1.807) is 0 Å². The molecule has 2 aliphatic carbocycles. The Kier molecular flexibility index (Phi) is 6.13. The maximum absolute atomic E-state index is 13.4. The third-order valence-corrected chi connectivity index (χ3v) is 6.24. The number of ether oxygens (including phenoxy) is 1. The smallest absolute Gasteiger partial charge is 0.173 e. The van der Waals surface area contributed by atoms with E-state index in [1.165, 1.54) is 12.8 Å². The number of carbonyl (C=O) groups is 2. The normalized spacial score (nSPS) is 17.8. The minimum atomic E-state index is -0.611. The van der Waals surface area contributed by atoms with Gasteiger partial charge in [0, 0.05) is 12.0 Å².